The second-order valence-electron chi connectivity index (χ2n) is 8.21. The van der Waals surface area contributed by atoms with Gasteiger partial charge in [-0.2, -0.15) is 0 Å². The van der Waals surface area contributed by atoms with E-state index in [0.717, 1.165) is 13.2 Å². The molecule has 1 saturated heterocycles. The number of nitrogens with one attached hydrogen (secondary N) is 1. The Balaban J connectivity index is 1.26. The maximum Gasteiger partial charge on any atom is 0.0661 e. The van der Waals surface area contributed by atoms with Crippen molar-refractivity contribution in [3.8, 4) is 0 Å². The molecule has 0 bridgehead atoms. The Hall–Kier alpha value is -0.970. The van der Waals surface area contributed by atoms with Gasteiger partial charge < -0.3 is 10.1 Å². The van der Waals surface area contributed by atoms with Crippen molar-refractivity contribution in [2.24, 2.45) is 5.41 Å². The monoisotopic (exact) mass is 343 g/mol. The summed E-state index contributed by atoms with van der Waals surface area (Å²) in [5, 5.41) is 4.04. The molecule has 1 spiro atoms. The standard InChI is InChI=1S/C21H33N3O/c1-2-25-20-15-19(21(20)10-4-5-11-21)23-17-8-13-24(14-9-17)16-18-7-3-6-12-22-18/h3,6-7,12,17,19-20,23H,2,4-5,8-11,13-16H2,1H3. The molecule has 4 rings (SSSR count). The summed E-state index contributed by atoms with van der Waals surface area (Å²) in [6, 6.07) is 7.59. The van der Waals surface area contributed by atoms with Gasteiger partial charge in [-0.3, -0.25) is 9.88 Å². The molecule has 2 atom stereocenters. The summed E-state index contributed by atoms with van der Waals surface area (Å²) >= 11 is 0. The highest BCUT2D eigenvalue weighted by atomic mass is 16.5. The molecule has 1 aromatic rings. The Morgan fingerprint density at radius 3 is 2.72 bits per heavy atom. The Bertz CT molecular complexity index is 535. The van der Waals surface area contributed by atoms with Crippen LogP contribution in [0.5, 0.6) is 0 Å². The van der Waals surface area contributed by atoms with Gasteiger partial charge in [-0.25, -0.2) is 0 Å². The molecule has 25 heavy (non-hydrogen) atoms. The third kappa shape index (κ3) is 3.62. The fraction of sp³-hybridized carbons (Fsp3) is 0.762. The van der Waals surface area contributed by atoms with Gasteiger partial charge in [0.15, 0.2) is 0 Å². The van der Waals surface area contributed by atoms with Crippen molar-refractivity contribution < 1.29 is 4.74 Å². The SMILES string of the molecule is CCOC1CC(NC2CCN(Cc3ccccn3)CC2)C12CCCC2. The van der Waals surface area contributed by atoms with Gasteiger partial charge in [0.25, 0.3) is 0 Å². The minimum atomic E-state index is 0.459. The number of nitrogens with zero attached hydrogens (tertiary/aromatic N) is 2. The van der Waals surface area contributed by atoms with Gasteiger partial charge in [0, 0.05) is 49.9 Å². The van der Waals surface area contributed by atoms with E-state index in [0.29, 0.717) is 23.6 Å². The summed E-state index contributed by atoms with van der Waals surface area (Å²) in [5.41, 5.74) is 1.65. The van der Waals surface area contributed by atoms with Crippen molar-refractivity contribution in [2.45, 2.75) is 76.6 Å². The van der Waals surface area contributed by atoms with E-state index in [2.05, 4.69) is 34.3 Å². The van der Waals surface area contributed by atoms with Gasteiger partial charge in [-0.05, 0) is 51.2 Å². The first-order valence-electron chi connectivity index (χ1n) is 10.3. The summed E-state index contributed by atoms with van der Waals surface area (Å²) in [7, 11) is 0. The van der Waals surface area contributed by atoms with E-state index in [4.69, 9.17) is 4.74 Å². The van der Waals surface area contributed by atoms with Gasteiger partial charge in [0.1, 0.15) is 0 Å². The first kappa shape index (κ1) is 17.4. The zero-order chi connectivity index (χ0) is 17.1. The van der Waals surface area contributed by atoms with E-state index in [9.17, 15) is 0 Å². The number of hydrogen-bond acceptors (Lipinski definition) is 4. The van der Waals surface area contributed by atoms with E-state index in [1.165, 1.54) is 63.7 Å². The minimum Gasteiger partial charge on any atom is -0.378 e. The average molecular weight is 344 g/mol. The fourth-order valence-electron chi connectivity index (χ4n) is 5.38. The lowest BCUT2D eigenvalue weighted by molar-refractivity contribution is -0.133. The number of pyridine rings is 1. The molecule has 2 aliphatic carbocycles. The quantitative estimate of drug-likeness (QED) is 0.859. The van der Waals surface area contributed by atoms with Crippen molar-refractivity contribution in [1.82, 2.24) is 15.2 Å². The maximum absolute atomic E-state index is 6.06. The zero-order valence-electron chi connectivity index (χ0n) is 15.6. The molecule has 138 valence electrons. The van der Waals surface area contributed by atoms with Crippen LogP contribution < -0.4 is 5.32 Å². The van der Waals surface area contributed by atoms with E-state index >= 15 is 0 Å². The van der Waals surface area contributed by atoms with Crippen molar-refractivity contribution in [3.05, 3.63) is 30.1 Å². The number of aromatic nitrogens is 1. The third-order valence-corrected chi connectivity index (χ3v) is 6.82. The van der Waals surface area contributed by atoms with Crippen LogP contribution in [0.3, 0.4) is 0 Å². The van der Waals surface area contributed by atoms with Crippen LogP contribution in [0.25, 0.3) is 0 Å². The Labute approximate surface area is 152 Å². The summed E-state index contributed by atoms with van der Waals surface area (Å²) in [6.07, 6.45) is 11.7. The summed E-state index contributed by atoms with van der Waals surface area (Å²) in [5.74, 6) is 0. The van der Waals surface area contributed by atoms with E-state index in [1.807, 2.05) is 12.3 Å². The lowest BCUT2D eigenvalue weighted by Crippen LogP contribution is -2.65. The molecule has 0 amide bonds. The molecule has 2 heterocycles. The molecule has 1 aliphatic heterocycles. The summed E-state index contributed by atoms with van der Waals surface area (Å²) < 4.78 is 6.06. The molecule has 0 radical (unpaired) electrons. The van der Waals surface area contributed by atoms with Gasteiger partial charge in [-0.15, -0.1) is 0 Å². The topological polar surface area (TPSA) is 37.4 Å². The molecule has 0 aromatic carbocycles. The maximum atomic E-state index is 6.06. The first-order chi connectivity index (χ1) is 12.3. The second-order valence-corrected chi connectivity index (χ2v) is 8.21. The summed E-state index contributed by atoms with van der Waals surface area (Å²) in [4.78, 5) is 7.02. The zero-order valence-corrected chi connectivity index (χ0v) is 15.6. The lowest BCUT2D eigenvalue weighted by atomic mass is 9.60. The average Bonchev–Trinajstić information content (AvgIpc) is 3.16. The van der Waals surface area contributed by atoms with Crippen molar-refractivity contribution in [3.63, 3.8) is 0 Å². The van der Waals surface area contributed by atoms with Crippen LogP contribution in [-0.4, -0.2) is 47.8 Å². The Morgan fingerprint density at radius 1 is 1.24 bits per heavy atom. The van der Waals surface area contributed by atoms with Gasteiger partial charge >= 0.3 is 0 Å². The normalized spacial score (nSPS) is 29.8. The molecule has 4 nitrogen and oxygen atoms in total. The van der Waals surface area contributed by atoms with E-state index < -0.39 is 0 Å². The van der Waals surface area contributed by atoms with Crippen LogP contribution in [-0.2, 0) is 11.3 Å². The van der Waals surface area contributed by atoms with Crippen molar-refractivity contribution >= 4 is 0 Å². The molecule has 3 aliphatic rings. The molecule has 3 fully saturated rings. The smallest absolute Gasteiger partial charge is 0.0661 e. The Kier molecular flexibility index (Phi) is 5.39. The van der Waals surface area contributed by atoms with Gasteiger partial charge in [0.05, 0.1) is 11.8 Å². The Morgan fingerprint density at radius 2 is 2.04 bits per heavy atom. The second kappa shape index (κ2) is 7.73. The number of ether oxygens (including phenoxy) is 1. The highest BCUT2D eigenvalue weighted by Crippen LogP contribution is 2.55. The first-order valence-corrected chi connectivity index (χ1v) is 10.3. The molecule has 2 unspecified atom stereocenters. The fourth-order valence-corrected chi connectivity index (χ4v) is 5.38. The number of likely N-dealkylation sites (tertiary alicyclic amines) is 1. The predicted octanol–water partition coefficient (Wildman–Crippen LogP) is 3.37. The highest BCUT2D eigenvalue weighted by molar-refractivity contribution is 5.11. The number of hydrogen-bond donors (Lipinski definition) is 1. The molecular formula is C21H33N3O. The van der Waals surface area contributed by atoms with Crippen LogP contribution in [0, 0.1) is 5.41 Å². The van der Waals surface area contributed by atoms with Gasteiger partial charge in [0.2, 0.25) is 0 Å². The van der Waals surface area contributed by atoms with Crippen LogP contribution in [0.15, 0.2) is 24.4 Å². The van der Waals surface area contributed by atoms with Crippen LogP contribution in [0.1, 0.15) is 57.6 Å². The van der Waals surface area contributed by atoms with Gasteiger partial charge in [-0.1, -0.05) is 18.9 Å². The predicted molar refractivity (Wildman–Crippen MR) is 100 cm³/mol. The van der Waals surface area contributed by atoms with E-state index in [1.54, 1.807) is 0 Å². The van der Waals surface area contributed by atoms with Crippen molar-refractivity contribution in [1.29, 1.82) is 0 Å². The molecule has 4 heteroatoms. The molecular weight excluding hydrogens is 310 g/mol. The van der Waals surface area contributed by atoms with E-state index in [-0.39, 0.29) is 0 Å². The molecule has 1 N–H and O–H groups in total. The number of piperidine rings is 1. The highest BCUT2D eigenvalue weighted by Gasteiger charge is 2.56. The van der Waals surface area contributed by atoms with Crippen LogP contribution in [0.4, 0.5) is 0 Å². The molecule has 1 aromatic heterocycles. The summed E-state index contributed by atoms with van der Waals surface area (Å²) in [6.45, 7) is 6.37. The lowest BCUT2D eigenvalue weighted by Gasteiger charge is -2.55. The number of rotatable bonds is 6. The molecule has 2 saturated carbocycles. The third-order valence-electron chi connectivity index (χ3n) is 6.82. The van der Waals surface area contributed by atoms with Crippen LogP contribution in [0.2, 0.25) is 0 Å². The minimum absolute atomic E-state index is 0.459. The van der Waals surface area contributed by atoms with Crippen molar-refractivity contribution in [2.75, 3.05) is 19.7 Å². The largest absolute Gasteiger partial charge is 0.378 e. The van der Waals surface area contributed by atoms with Crippen LogP contribution >= 0.6 is 0 Å².